The summed E-state index contributed by atoms with van der Waals surface area (Å²) in [5, 5.41) is 3.11. The second-order valence-corrected chi connectivity index (χ2v) is 6.61. The normalized spacial score (nSPS) is 22.0. The zero-order chi connectivity index (χ0) is 14.2. The van der Waals surface area contributed by atoms with Gasteiger partial charge in [0.25, 0.3) is 15.9 Å². The molecule has 3 rings (SSSR count). The van der Waals surface area contributed by atoms with Gasteiger partial charge in [-0.05, 0) is 12.1 Å². The molecule has 0 spiro atoms. The van der Waals surface area contributed by atoms with Crippen LogP contribution in [0.4, 0.5) is 0 Å². The van der Waals surface area contributed by atoms with Gasteiger partial charge in [-0.2, -0.15) is 8.42 Å². The van der Waals surface area contributed by atoms with Gasteiger partial charge in [-0.1, -0.05) is 0 Å². The van der Waals surface area contributed by atoms with E-state index in [1.54, 1.807) is 6.07 Å². The third kappa shape index (κ3) is 2.19. The molecule has 1 saturated heterocycles. The summed E-state index contributed by atoms with van der Waals surface area (Å²) in [5.74, 6) is -0.469. The molecular formula is C12H16N4O3S. The summed E-state index contributed by atoms with van der Waals surface area (Å²) in [6.45, 7) is 4.25. The van der Waals surface area contributed by atoms with Crippen molar-refractivity contribution >= 4 is 15.9 Å². The number of hydrogen-bond acceptors (Lipinski definition) is 6. The van der Waals surface area contributed by atoms with Gasteiger partial charge in [0.2, 0.25) is 0 Å². The number of piperazine rings is 1. The van der Waals surface area contributed by atoms with Crippen molar-refractivity contribution in [1.82, 2.24) is 19.5 Å². The largest absolute Gasteiger partial charge is 0.314 e. The molecule has 0 saturated carbocycles. The number of hydrogen-bond donors (Lipinski definition) is 1. The molecule has 0 aliphatic carbocycles. The first-order chi connectivity index (χ1) is 9.60. The summed E-state index contributed by atoms with van der Waals surface area (Å²) in [5.41, 5.74) is 0.174. The highest BCUT2D eigenvalue weighted by Gasteiger charge is 2.42. The Balaban J connectivity index is 1.76. The van der Waals surface area contributed by atoms with E-state index in [9.17, 15) is 13.2 Å². The van der Waals surface area contributed by atoms with Gasteiger partial charge in [0.05, 0.1) is 12.1 Å². The predicted octanol–water partition coefficient (Wildman–Crippen LogP) is -0.869. The minimum absolute atomic E-state index is 0.120. The zero-order valence-electron chi connectivity index (χ0n) is 10.9. The van der Waals surface area contributed by atoms with Gasteiger partial charge >= 0.3 is 0 Å². The van der Waals surface area contributed by atoms with Crippen molar-refractivity contribution in [2.75, 3.05) is 39.3 Å². The first kappa shape index (κ1) is 13.5. The Kier molecular flexibility index (Phi) is 3.45. The summed E-state index contributed by atoms with van der Waals surface area (Å²) in [6, 6.07) is 3.08. The monoisotopic (exact) mass is 296 g/mol. The van der Waals surface area contributed by atoms with Crippen LogP contribution in [0.2, 0.25) is 0 Å². The molecule has 1 amide bonds. The smallest absolute Gasteiger partial charge is 0.285 e. The summed E-state index contributed by atoms with van der Waals surface area (Å²) in [4.78, 5) is 18.1. The lowest BCUT2D eigenvalue weighted by Gasteiger charge is -2.28. The van der Waals surface area contributed by atoms with E-state index in [1.165, 1.54) is 12.3 Å². The van der Waals surface area contributed by atoms with E-state index in [0.29, 0.717) is 6.54 Å². The van der Waals surface area contributed by atoms with Gasteiger partial charge in [-0.15, -0.1) is 0 Å². The second kappa shape index (κ2) is 5.12. The topological polar surface area (TPSA) is 82.6 Å². The molecule has 0 radical (unpaired) electrons. The highest BCUT2D eigenvalue weighted by Crippen LogP contribution is 2.27. The molecule has 1 aromatic heterocycles. The number of sulfonamides is 1. The Labute approximate surface area is 117 Å². The molecule has 2 aliphatic rings. The van der Waals surface area contributed by atoms with Gasteiger partial charge in [-0.25, -0.2) is 9.29 Å². The molecule has 0 bridgehead atoms. The van der Waals surface area contributed by atoms with Crippen LogP contribution in [0.3, 0.4) is 0 Å². The molecule has 1 fully saturated rings. The van der Waals surface area contributed by atoms with Crippen LogP contribution in [0.1, 0.15) is 10.4 Å². The van der Waals surface area contributed by atoms with E-state index in [-0.39, 0.29) is 17.1 Å². The SMILES string of the molecule is O=C1c2cccnc2S(=O)(=O)N1CCN1CCNCC1. The van der Waals surface area contributed by atoms with Crippen molar-refractivity contribution in [3.8, 4) is 0 Å². The summed E-state index contributed by atoms with van der Waals surface area (Å²) < 4.78 is 25.5. The average Bonchev–Trinajstić information content (AvgIpc) is 2.66. The van der Waals surface area contributed by atoms with Crippen molar-refractivity contribution in [2.24, 2.45) is 0 Å². The maximum atomic E-state index is 12.3. The molecular weight excluding hydrogens is 280 g/mol. The van der Waals surface area contributed by atoms with Crippen LogP contribution in [0.25, 0.3) is 0 Å². The number of rotatable bonds is 3. The molecule has 7 nitrogen and oxygen atoms in total. The number of pyridine rings is 1. The summed E-state index contributed by atoms with van der Waals surface area (Å²) in [6.07, 6.45) is 1.39. The van der Waals surface area contributed by atoms with Crippen LogP contribution in [-0.4, -0.2) is 67.8 Å². The highest BCUT2D eigenvalue weighted by molar-refractivity contribution is 7.90. The number of aromatic nitrogens is 1. The van der Waals surface area contributed by atoms with Crippen molar-refractivity contribution < 1.29 is 13.2 Å². The number of fused-ring (bicyclic) bond motifs is 1. The standard InChI is InChI=1S/C12H16N4O3S/c17-12-10-2-1-3-14-11(10)20(18,19)16(12)9-8-15-6-4-13-5-7-15/h1-3,13H,4-9H2. The third-order valence-corrected chi connectivity index (χ3v) is 5.33. The lowest BCUT2D eigenvalue weighted by Crippen LogP contribution is -2.47. The first-order valence-corrected chi connectivity index (χ1v) is 8.00. The minimum atomic E-state index is -3.77. The van der Waals surface area contributed by atoms with Crippen molar-refractivity contribution in [1.29, 1.82) is 0 Å². The van der Waals surface area contributed by atoms with E-state index in [0.717, 1.165) is 30.5 Å². The number of carbonyl (C=O) groups is 1. The van der Waals surface area contributed by atoms with Crippen molar-refractivity contribution in [2.45, 2.75) is 5.03 Å². The Bertz CT molecular complexity index is 625. The highest BCUT2D eigenvalue weighted by atomic mass is 32.2. The molecule has 3 heterocycles. The van der Waals surface area contributed by atoms with E-state index in [4.69, 9.17) is 0 Å². The van der Waals surface area contributed by atoms with Crippen LogP contribution in [0.5, 0.6) is 0 Å². The summed E-state index contributed by atoms with van der Waals surface area (Å²) in [7, 11) is -3.77. The second-order valence-electron chi connectivity index (χ2n) is 4.83. The van der Waals surface area contributed by atoms with Crippen molar-refractivity contribution in [3.05, 3.63) is 23.9 Å². The zero-order valence-corrected chi connectivity index (χ0v) is 11.8. The fourth-order valence-electron chi connectivity index (χ4n) is 2.50. The molecule has 0 unspecified atom stereocenters. The Morgan fingerprint density at radius 1 is 1.25 bits per heavy atom. The van der Waals surface area contributed by atoms with Gasteiger partial charge in [0.15, 0.2) is 5.03 Å². The fraction of sp³-hybridized carbons (Fsp3) is 0.500. The molecule has 20 heavy (non-hydrogen) atoms. The Morgan fingerprint density at radius 2 is 2.00 bits per heavy atom. The van der Waals surface area contributed by atoms with Crippen LogP contribution in [0, 0.1) is 0 Å². The molecule has 1 aromatic rings. The number of amides is 1. The first-order valence-electron chi connectivity index (χ1n) is 6.56. The van der Waals surface area contributed by atoms with E-state index in [2.05, 4.69) is 15.2 Å². The Hall–Kier alpha value is -1.51. The lowest BCUT2D eigenvalue weighted by molar-refractivity contribution is 0.0857. The predicted molar refractivity (Wildman–Crippen MR) is 71.8 cm³/mol. The lowest BCUT2D eigenvalue weighted by atomic mass is 10.2. The Morgan fingerprint density at radius 3 is 2.70 bits per heavy atom. The molecule has 0 atom stereocenters. The van der Waals surface area contributed by atoms with Crippen LogP contribution >= 0.6 is 0 Å². The number of carbonyl (C=O) groups excluding carboxylic acids is 1. The quantitative estimate of drug-likeness (QED) is 0.781. The van der Waals surface area contributed by atoms with Crippen LogP contribution in [0.15, 0.2) is 23.4 Å². The third-order valence-electron chi connectivity index (χ3n) is 3.59. The van der Waals surface area contributed by atoms with Gasteiger partial charge < -0.3 is 5.32 Å². The van der Waals surface area contributed by atoms with E-state index in [1.807, 2.05) is 0 Å². The maximum absolute atomic E-state index is 12.3. The molecule has 108 valence electrons. The number of nitrogens with zero attached hydrogens (tertiary/aromatic N) is 3. The molecule has 2 aliphatic heterocycles. The molecule has 0 aromatic carbocycles. The maximum Gasteiger partial charge on any atom is 0.285 e. The van der Waals surface area contributed by atoms with Crippen LogP contribution in [-0.2, 0) is 10.0 Å². The minimum Gasteiger partial charge on any atom is -0.314 e. The molecule has 8 heteroatoms. The van der Waals surface area contributed by atoms with Crippen LogP contribution < -0.4 is 5.32 Å². The van der Waals surface area contributed by atoms with Crippen molar-refractivity contribution in [3.63, 3.8) is 0 Å². The van der Waals surface area contributed by atoms with Gasteiger partial charge in [0, 0.05) is 38.9 Å². The summed E-state index contributed by atoms with van der Waals surface area (Å²) >= 11 is 0. The van der Waals surface area contributed by atoms with E-state index < -0.39 is 15.9 Å². The van der Waals surface area contributed by atoms with Gasteiger partial charge in [0.1, 0.15) is 0 Å². The van der Waals surface area contributed by atoms with E-state index >= 15 is 0 Å². The average molecular weight is 296 g/mol. The van der Waals surface area contributed by atoms with Gasteiger partial charge in [-0.3, -0.25) is 9.69 Å². The fourth-order valence-corrected chi connectivity index (χ4v) is 3.97. The number of nitrogens with one attached hydrogen (secondary N) is 1. The molecule has 1 N–H and O–H groups in total.